The molecule has 0 aromatic heterocycles. The predicted molar refractivity (Wildman–Crippen MR) is 139 cm³/mol. The van der Waals surface area contributed by atoms with Crippen LogP contribution in [0.2, 0.25) is 0 Å². The molecular weight excluding hydrogens is 412 g/mol. The summed E-state index contributed by atoms with van der Waals surface area (Å²) in [7, 11) is 0. The van der Waals surface area contributed by atoms with E-state index in [4.69, 9.17) is 9.47 Å². The minimum Gasteiger partial charge on any atom is -0.462 e. The van der Waals surface area contributed by atoms with Crippen molar-refractivity contribution in [1.82, 2.24) is 0 Å². The van der Waals surface area contributed by atoms with Crippen LogP contribution in [-0.2, 0) is 19.1 Å². The third-order valence-corrected chi connectivity index (χ3v) is 6.05. The molecule has 0 heterocycles. The molecule has 0 saturated heterocycles. The molecule has 4 heteroatoms. The molecule has 0 aliphatic heterocycles. The van der Waals surface area contributed by atoms with Gasteiger partial charge in [0.15, 0.2) is 0 Å². The first-order chi connectivity index (χ1) is 16.1. The van der Waals surface area contributed by atoms with E-state index in [2.05, 4.69) is 26.8 Å². The minimum absolute atomic E-state index is 0.0324. The van der Waals surface area contributed by atoms with Gasteiger partial charge in [0.1, 0.15) is 12.7 Å². The van der Waals surface area contributed by atoms with Crippen LogP contribution < -0.4 is 0 Å². The lowest BCUT2D eigenvalue weighted by Crippen LogP contribution is -2.18. The Balaban J connectivity index is 3.69. The molecule has 194 valence electrons. The minimum atomic E-state index is -0.105. The first kappa shape index (κ1) is 31.7. The molecule has 0 atom stereocenters. The van der Waals surface area contributed by atoms with Crippen molar-refractivity contribution in [3.63, 3.8) is 0 Å². The molecule has 0 unspecified atom stereocenters. The maximum atomic E-state index is 12.2. The van der Waals surface area contributed by atoms with Crippen LogP contribution in [0.25, 0.3) is 0 Å². The average Bonchev–Trinajstić information content (AvgIpc) is 2.80. The van der Waals surface area contributed by atoms with Gasteiger partial charge in [0, 0.05) is 12.8 Å². The van der Waals surface area contributed by atoms with Crippen molar-refractivity contribution in [2.45, 2.75) is 155 Å². The van der Waals surface area contributed by atoms with Crippen LogP contribution in [0.4, 0.5) is 0 Å². The largest absolute Gasteiger partial charge is 0.462 e. The van der Waals surface area contributed by atoms with Crippen LogP contribution >= 0.6 is 0 Å². The monoisotopic (exact) mass is 466 g/mol. The Hall–Kier alpha value is -1.32. The number of esters is 2. The van der Waals surface area contributed by atoms with Crippen LogP contribution in [-0.4, -0.2) is 24.6 Å². The zero-order valence-corrected chi connectivity index (χ0v) is 22.2. The van der Waals surface area contributed by atoms with Gasteiger partial charge in [-0.2, -0.15) is 0 Å². The first-order valence-corrected chi connectivity index (χ1v) is 14.1. The van der Waals surface area contributed by atoms with E-state index >= 15 is 0 Å². The van der Waals surface area contributed by atoms with Crippen LogP contribution in [0.1, 0.15) is 149 Å². The maximum absolute atomic E-state index is 12.2. The molecule has 4 nitrogen and oxygen atoms in total. The first-order valence-electron chi connectivity index (χ1n) is 14.1. The number of rotatable bonds is 24. The Bertz CT molecular complexity index is 462. The second-order valence-electron chi connectivity index (χ2n) is 9.37. The zero-order chi connectivity index (χ0) is 24.4. The van der Waals surface area contributed by atoms with Crippen molar-refractivity contribution in [2.24, 2.45) is 0 Å². The molecule has 33 heavy (non-hydrogen) atoms. The molecule has 0 spiro atoms. The molecular formula is C29H54O4. The lowest BCUT2D eigenvalue weighted by molar-refractivity contribution is -0.150. The van der Waals surface area contributed by atoms with E-state index in [0.717, 1.165) is 64.2 Å². The summed E-state index contributed by atoms with van der Waals surface area (Å²) in [4.78, 5) is 24.0. The Morgan fingerprint density at radius 3 is 1.73 bits per heavy atom. The van der Waals surface area contributed by atoms with Crippen LogP contribution in [0, 0.1) is 0 Å². The fourth-order valence-electron chi connectivity index (χ4n) is 3.91. The van der Waals surface area contributed by atoms with Gasteiger partial charge in [-0.05, 0) is 51.4 Å². The van der Waals surface area contributed by atoms with E-state index in [-0.39, 0.29) is 18.0 Å². The number of ether oxygens (including phenoxy) is 2. The number of hydrogen-bond donors (Lipinski definition) is 0. The van der Waals surface area contributed by atoms with Crippen molar-refractivity contribution < 1.29 is 19.1 Å². The van der Waals surface area contributed by atoms with Gasteiger partial charge in [-0.1, -0.05) is 97.1 Å². The van der Waals surface area contributed by atoms with E-state index < -0.39 is 0 Å². The molecule has 0 rings (SSSR count). The molecule has 0 fully saturated rings. The molecule has 0 aromatic carbocycles. The van der Waals surface area contributed by atoms with Gasteiger partial charge < -0.3 is 9.47 Å². The van der Waals surface area contributed by atoms with Crippen molar-refractivity contribution in [3.05, 3.63) is 12.2 Å². The summed E-state index contributed by atoms with van der Waals surface area (Å²) in [6.07, 6.45) is 25.3. The summed E-state index contributed by atoms with van der Waals surface area (Å²) < 4.78 is 11.0. The van der Waals surface area contributed by atoms with Gasteiger partial charge in [-0.25, -0.2) is 0 Å². The Morgan fingerprint density at radius 1 is 0.606 bits per heavy atom. The van der Waals surface area contributed by atoms with E-state index in [1.165, 1.54) is 51.4 Å². The van der Waals surface area contributed by atoms with Gasteiger partial charge in [0.05, 0.1) is 0 Å². The third-order valence-electron chi connectivity index (χ3n) is 6.05. The summed E-state index contributed by atoms with van der Waals surface area (Å²) in [5.41, 5.74) is 0. The summed E-state index contributed by atoms with van der Waals surface area (Å²) >= 11 is 0. The second kappa shape index (κ2) is 25.3. The Labute approximate surface area is 205 Å². The standard InChI is InChI=1S/C29H54O4/c1-4-7-10-11-12-16-21-26-32-28(30)24-19-14-13-15-20-25-29(31)33-27(22-17-8-5-2)23-18-9-6-3/h16,21,27H,4-15,17-20,22-26H2,1-3H3/b21-16-. The third kappa shape index (κ3) is 23.6. The molecule has 0 N–H and O–H groups in total. The average molecular weight is 467 g/mol. The maximum Gasteiger partial charge on any atom is 0.306 e. The number of hydrogen-bond acceptors (Lipinski definition) is 4. The molecule has 0 bridgehead atoms. The van der Waals surface area contributed by atoms with Crippen molar-refractivity contribution >= 4 is 11.9 Å². The lowest BCUT2D eigenvalue weighted by atomic mass is 10.0. The number of carbonyl (C=O) groups excluding carboxylic acids is 2. The normalized spacial score (nSPS) is 11.4. The van der Waals surface area contributed by atoms with Crippen molar-refractivity contribution in [2.75, 3.05) is 6.61 Å². The van der Waals surface area contributed by atoms with Gasteiger partial charge in [0.25, 0.3) is 0 Å². The van der Waals surface area contributed by atoms with E-state index in [1.54, 1.807) is 0 Å². The summed E-state index contributed by atoms with van der Waals surface area (Å²) in [6.45, 7) is 7.02. The van der Waals surface area contributed by atoms with Gasteiger partial charge >= 0.3 is 11.9 Å². The highest BCUT2D eigenvalue weighted by Gasteiger charge is 2.14. The van der Waals surface area contributed by atoms with Crippen LogP contribution in [0.3, 0.4) is 0 Å². The van der Waals surface area contributed by atoms with Crippen LogP contribution in [0.5, 0.6) is 0 Å². The summed E-state index contributed by atoms with van der Waals surface area (Å²) in [5, 5.41) is 0. The molecule has 0 amide bonds. The highest BCUT2D eigenvalue weighted by molar-refractivity contribution is 5.69. The van der Waals surface area contributed by atoms with Gasteiger partial charge in [-0.15, -0.1) is 0 Å². The fourth-order valence-corrected chi connectivity index (χ4v) is 3.91. The topological polar surface area (TPSA) is 52.6 Å². The highest BCUT2D eigenvalue weighted by Crippen LogP contribution is 2.16. The summed E-state index contributed by atoms with van der Waals surface area (Å²) in [5.74, 6) is -0.138. The fraction of sp³-hybridized carbons (Fsp3) is 0.862. The van der Waals surface area contributed by atoms with Gasteiger partial charge in [0.2, 0.25) is 0 Å². The molecule has 0 saturated carbocycles. The molecule has 0 aliphatic rings. The molecule has 0 radical (unpaired) electrons. The Morgan fingerprint density at radius 2 is 1.12 bits per heavy atom. The molecule has 0 aliphatic carbocycles. The smallest absolute Gasteiger partial charge is 0.306 e. The SMILES string of the molecule is CCCCCC/C=C\COC(=O)CCCCCCCC(=O)OC(CCCCC)CCCCC. The predicted octanol–water partition coefficient (Wildman–Crippen LogP) is 8.86. The number of allylic oxidation sites excluding steroid dienone is 1. The number of unbranched alkanes of at least 4 members (excludes halogenated alkanes) is 12. The number of carbonyl (C=O) groups is 2. The Kier molecular flexibility index (Phi) is 24.3. The second-order valence-corrected chi connectivity index (χ2v) is 9.37. The quantitative estimate of drug-likeness (QED) is 0.0809. The lowest BCUT2D eigenvalue weighted by Gasteiger charge is -2.18. The van der Waals surface area contributed by atoms with Crippen LogP contribution in [0.15, 0.2) is 12.2 Å². The van der Waals surface area contributed by atoms with Crippen molar-refractivity contribution in [1.29, 1.82) is 0 Å². The van der Waals surface area contributed by atoms with Gasteiger partial charge in [-0.3, -0.25) is 9.59 Å². The summed E-state index contributed by atoms with van der Waals surface area (Å²) in [6, 6.07) is 0. The van der Waals surface area contributed by atoms with Crippen molar-refractivity contribution in [3.8, 4) is 0 Å². The molecule has 0 aromatic rings. The van der Waals surface area contributed by atoms with E-state index in [9.17, 15) is 9.59 Å². The van der Waals surface area contributed by atoms with E-state index in [1.807, 2.05) is 6.08 Å². The highest BCUT2D eigenvalue weighted by atomic mass is 16.5. The van der Waals surface area contributed by atoms with E-state index in [0.29, 0.717) is 19.4 Å². The zero-order valence-electron chi connectivity index (χ0n) is 22.2.